The molecule has 0 aliphatic heterocycles. The molecule has 1 aromatic rings. The molecule has 0 spiro atoms. The van der Waals surface area contributed by atoms with E-state index < -0.39 is 33.3 Å². The second-order valence-electron chi connectivity index (χ2n) is 4.50. The Morgan fingerprint density at radius 1 is 1.20 bits per heavy atom. The van der Waals surface area contributed by atoms with Crippen molar-refractivity contribution in [2.24, 2.45) is 0 Å². The van der Waals surface area contributed by atoms with Crippen LogP contribution in [0.2, 0.25) is 0 Å². The van der Waals surface area contributed by atoms with E-state index in [1.54, 1.807) is 6.92 Å². The topological polar surface area (TPSA) is 46.2 Å². The molecule has 0 saturated carbocycles. The molecule has 0 bridgehead atoms. The van der Waals surface area contributed by atoms with Crippen molar-refractivity contribution in [2.75, 3.05) is 18.6 Å². The first kappa shape index (κ1) is 17.0. The summed E-state index contributed by atoms with van der Waals surface area (Å²) in [6.45, 7) is 1.55. The summed E-state index contributed by atoms with van der Waals surface area (Å²) in [7, 11) is -1.59. The highest BCUT2D eigenvalue weighted by atomic mass is 32.2. The predicted octanol–water partition coefficient (Wildman–Crippen LogP) is 2.58. The molecule has 0 saturated heterocycles. The van der Waals surface area contributed by atoms with E-state index in [2.05, 4.69) is 5.32 Å². The first-order valence-corrected chi connectivity index (χ1v) is 8.15. The summed E-state index contributed by atoms with van der Waals surface area (Å²) in [6, 6.07) is 0.541. The highest BCUT2D eigenvalue weighted by molar-refractivity contribution is 7.91. The molecule has 0 radical (unpaired) electrons. The van der Waals surface area contributed by atoms with Gasteiger partial charge in [0.05, 0.1) is 5.75 Å². The van der Waals surface area contributed by atoms with Crippen LogP contribution < -0.4 is 5.32 Å². The Morgan fingerprint density at radius 3 is 2.20 bits per heavy atom. The van der Waals surface area contributed by atoms with Crippen molar-refractivity contribution in [3.8, 4) is 0 Å². The Kier molecular flexibility index (Phi) is 6.01. The van der Waals surface area contributed by atoms with Gasteiger partial charge < -0.3 is 5.32 Å². The van der Waals surface area contributed by atoms with Crippen LogP contribution in [-0.2, 0) is 9.84 Å². The van der Waals surface area contributed by atoms with Crippen LogP contribution in [-0.4, -0.2) is 27.0 Å². The average molecular weight is 309 g/mol. The molecule has 20 heavy (non-hydrogen) atoms. The Bertz CT molecular complexity index is 538. The van der Waals surface area contributed by atoms with Crippen molar-refractivity contribution in [3.63, 3.8) is 0 Å². The maximum Gasteiger partial charge on any atom is 0.150 e. The van der Waals surface area contributed by atoms with Gasteiger partial charge in [-0.2, -0.15) is 0 Å². The molecule has 7 heteroatoms. The quantitative estimate of drug-likeness (QED) is 0.842. The summed E-state index contributed by atoms with van der Waals surface area (Å²) in [5, 5.41) is 2.73. The molecule has 0 heterocycles. The molecule has 1 rings (SSSR count). The Morgan fingerprint density at radius 2 is 1.75 bits per heavy atom. The highest BCUT2D eigenvalue weighted by Crippen LogP contribution is 2.25. The molecule has 1 atom stereocenters. The van der Waals surface area contributed by atoms with Crippen molar-refractivity contribution >= 4 is 9.84 Å². The molecule has 1 N–H and O–H groups in total. The maximum absolute atomic E-state index is 13.6. The summed E-state index contributed by atoms with van der Waals surface area (Å²) in [4.78, 5) is 0. The SMILES string of the molecule is CCS(=O)(=O)CCCC(NC)c1c(F)cc(F)cc1F. The first-order chi connectivity index (χ1) is 9.30. The molecular weight excluding hydrogens is 291 g/mol. The van der Waals surface area contributed by atoms with Gasteiger partial charge in [0.1, 0.15) is 27.3 Å². The van der Waals surface area contributed by atoms with Gasteiger partial charge in [0, 0.05) is 29.5 Å². The van der Waals surface area contributed by atoms with Crippen molar-refractivity contribution < 1.29 is 21.6 Å². The smallest absolute Gasteiger partial charge is 0.150 e. The fourth-order valence-electron chi connectivity index (χ4n) is 1.97. The molecular formula is C13H18F3NO2S. The largest absolute Gasteiger partial charge is 0.313 e. The van der Waals surface area contributed by atoms with Crippen LogP contribution in [0.4, 0.5) is 13.2 Å². The van der Waals surface area contributed by atoms with E-state index in [1.165, 1.54) is 7.05 Å². The fraction of sp³-hybridized carbons (Fsp3) is 0.538. The van der Waals surface area contributed by atoms with Crippen LogP contribution in [0.5, 0.6) is 0 Å². The minimum absolute atomic E-state index is 0.0356. The monoisotopic (exact) mass is 309 g/mol. The van der Waals surface area contributed by atoms with Crippen LogP contribution in [0.15, 0.2) is 12.1 Å². The van der Waals surface area contributed by atoms with Crippen LogP contribution in [0, 0.1) is 17.5 Å². The second-order valence-corrected chi connectivity index (χ2v) is 6.98. The molecule has 1 unspecified atom stereocenters. The van der Waals surface area contributed by atoms with E-state index in [0.29, 0.717) is 12.1 Å². The van der Waals surface area contributed by atoms with Gasteiger partial charge in [0.15, 0.2) is 0 Å². The van der Waals surface area contributed by atoms with E-state index >= 15 is 0 Å². The van der Waals surface area contributed by atoms with E-state index in [0.717, 1.165) is 0 Å². The van der Waals surface area contributed by atoms with Gasteiger partial charge in [-0.15, -0.1) is 0 Å². The van der Waals surface area contributed by atoms with Crippen LogP contribution >= 0.6 is 0 Å². The van der Waals surface area contributed by atoms with Gasteiger partial charge in [0.2, 0.25) is 0 Å². The second kappa shape index (κ2) is 7.08. The molecule has 0 aliphatic carbocycles. The van der Waals surface area contributed by atoms with Gasteiger partial charge in [0.25, 0.3) is 0 Å². The molecule has 0 fully saturated rings. The zero-order valence-corrected chi connectivity index (χ0v) is 12.2. The number of halogens is 3. The number of sulfone groups is 1. The lowest BCUT2D eigenvalue weighted by Gasteiger charge is -2.18. The van der Waals surface area contributed by atoms with E-state index in [1.807, 2.05) is 0 Å². The molecule has 3 nitrogen and oxygen atoms in total. The lowest BCUT2D eigenvalue weighted by molar-refractivity contribution is 0.457. The third kappa shape index (κ3) is 4.49. The lowest BCUT2D eigenvalue weighted by Crippen LogP contribution is -2.21. The Balaban J connectivity index is 2.82. The fourth-order valence-corrected chi connectivity index (χ4v) is 2.87. The molecule has 0 amide bonds. The van der Waals surface area contributed by atoms with Gasteiger partial charge in [-0.05, 0) is 19.9 Å². The minimum Gasteiger partial charge on any atom is -0.313 e. The number of hydrogen-bond donors (Lipinski definition) is 1. The van der Waals surface area contributed by atoms with Crippen LogP contribution in [0.3, 0.4) is 0 Å². The van der Waals surface area contributed by atoms with E-state index in [-0.39, 0.29) is 29.9 Å². The third-order valence-electron chi connectivity index (χ3n) is 3.13. The highest BCUT2D eigenvalue weighted by Gasteiger charge is 2.20. The molecule has 1 aromatic carbocycles. The van der Waals surface area contributed by atoms with Crippen molar-refractivity contribution in [3.05, 3.63) is 35.1 Å². The summed E-state index contributed by atoms with van der Waals surface area (Å²) in [5.41, 5.74) is -0.261. The Labute approximate surface area is 117 Å². The zero-order valence-electron chi connectivity index (χ0n) is 11.4. The Hall–Kier alpha value is -1.08. The van der Waals surface area contributed by atoms with E-state index in [4.69, 9.17) is 0 Å². The summed E-state index contributed by atoms with van der Waals surface area (Å²) >= 11 is 0. The number of nitrogens with one attached hydrogen (secondary N) is 1. The van der Waals surface area contributed by atoms with Gasteiger partial charge in [-0.1, -0.05) is 6.92 Å². The van der Waals surface area contributed by atoms with Crippen LogP contribution in [0.25, 0.3) is 0 Å². The van der Waals surface area contributed by atoms with Crippen molar-refractivity contribution in [1.29, 1.82) is 0 Å². The third-order valence-corrected chi connectivity index (χ3v) is 4.92. The van der Waals surface area contributed by atoms with Crippen LogP contribution in [0.1, 0.15) is 31.4 Å². The van der Waals surface area contributed by atoms with Gasteiger partial charge >= 0.3 is 0 Å². The van der Waals surface area contributed by atoms with Crippen molar-refractivity contribution in [2.45, 2.75) is 25.8 Å². The van der Waals surface area contributed by atoms with Crippen molar-refractivity contribution in [1.82, 2.24) is 5.32 Å². The number of hydrogen-bond acceptors (Lipinski definition) is 3. The zero-order chi connectivity index (χ0) is 15.3. The number of rotatable bonds is 7. The molecule has 114 valence electrons. The van der Waals surface area contributed by atoms with Gasteiger partial charge in [-0.3, -0.25) is 0 Å². The average Bonchev–Trinajstić information content (AvgIpc) is 2.35. The minimum atomic E-state index is -3.11. The van der Waals surface area contributed by atoms with E-state index in [9.17, 15) is 21.6 Å². The first-order valence-electron chi connectivity index (χ1n) is 6.33. The maximum atomic E-state index is 13.6. The normalized spacial score (nSPS) is 13.4. The number of benzene rings is 1. The lowest BCUT2D eigenvalue weighted by atomic mass is 10.0. The predicted molar refractivity (Wildman–Crippen MR) is 71.7 cm³/mol. The van der Waals surface area contributed by atoms with Gasteiger partial charge in [-0.25, -0.2) is 21.6 Å². The molecule has 0 aromatic heterocycles. The summed E-state index contributed by atoms with van der Waals surface area (Å²) < 4.78 is 62.9. The summed E-state index contributed by atoms with van der Waals surface area (Å²) in [5.74, 6) is -2.92. The molecule has 0 aliphatic rings. The standard InChI is InChI=1S/C13H18F3NO2S/c1-3-20(18,19)6-4-5-12(17-2)13-10(15)7-9(14)8-11(13)16/h7-8,12,17H,3-6H2,1-2H3. The summed E-state index contributed by atoms with van der Waals surface area (Å²) in [6.07, 6.45) is 0.521.